The number of hydrogen-bond acceptors (Lipinski definition) is 3. The highest BCUT2D eigenvalue weighted by Gasteiger charge is 2.20. The third-order valence-electron chi connectivity index (χ3n) is 2.89. The zero-order chi connectivity index (χ0) is 16.5. The van der Waals surface area contributed by atoms with Crippen LogP contribution in [0.4, 0.5) is 4.79 Å². The summed E-state index contributed by atoms with van der Waals surface area (Å²) in [6.45, 7) is 6.96. The molecule has 0 saturated carbocycles. The fourth-order valence-electron chi connectivity index (χ4n) is 2.03. The van der Waals surface area contributed by atoms with E-state index in [0.29, 0.717) is 0 Å². The van der Waals surface area contributed by atoms with Gasteiger partial charge in [-0.25, -0.2) is 4.79 Å². The van der Waals surface area contributed by atoms with Crippen LogP contribution in [0.1, 0.15) is 33.3 Å². The summed E-state index contributed by atoms with van der Waals surface area (Å²) in [5.74, 6) is -0.0480. The molecule has 0 unspecified atom stereocenters. The highest BCUT2D eigenvalue weighted by atomic mass is 79.9. The van der Waals surface area contributed by atoms with Gasteiger partial charge in [-0.15, -0.1) is 0 Å². The number of ether oxygens (including phenoxy) is 1. The van der Waals surface area contributed by atoms with Crippen LogP contribution in [0.25, 0.3) is 17.0 Å². The summed E-state index contributed by atoms with van der Waals surface area (Å²) in [6.07, 6.45) is 4.43. The van der Waals surface area contributed by atoms with Gasteiger partial charge in [0.25, 0.3) is 0 Å². The standard InChI is InChI=1S/C17H18BrNO3/c1-11(20)5-6-12-10-19(16(21)22-17(2,3)4)15-8-7-13(18)9-14(12)15/h5-10H,1-4H3/b6-5+. The maximum absolute atomic E-state index is 12.3. The van der Waals surface area contributed by atoms with E-state index in [1.165, 1.54) is 17.6 Å². The van der Waals surface area contributed by atoms with E-state index < -0.39 is 11.7 Å². The minimum atomic E-state index is -0.571. The van der Waals surface area contributed by atoms with Crippen LogP contribution in [0.15, 0.2) is 34.9 Å². The summed E-state index contributed by atoms with van der Waals surface area (Å²) in [5, 5.41) is 0.873. The second-order valence-electron chi connectivity index (χ2n) is 6.04. The van der Waals surface area contributed by atoms with Crippen molar-refractivity contribution >= 4 is 44.8 Å². The molecule has 22 heavy (non-hydrogen) atoms. The van der Waals surface area contributed by atoms with Gasteiger partial charge in [0.15, 0.2) is 5.78 Å². The molecule has 0 radical (unpaired) electrons. The van der Waals surface area contributed by atoms with Crippen LogP contribution in [-0.2, 0) is 9.53 Å². The van der Waals surface area contributed by atoms with Crippen molar-refractivity contribution in [2.45, 2.75) is 33.3 Å². The normalized spacial score (nSPS) is 12.0. The van der Waals surface area contributed by atoms with E-state index in [2.05, 4.69) is 15.9 Å². The van der Waals surface area contributed by atoms with Crippen molar-refractivity contribution in [3.63, 3.8) is 0 Å². The van der Waals surface area contributed by atoms with Crippen LogP contribution >= 0.6 is 15.9 Å². The SMILES string of the molecule is CC(=O)/C=C/c1cn(C(=O)OC(C)(C)C)c2ccc(Br)cc12. The zero-order valence-electron chi connectivity index (χ0n) is 13.0. The fraction of sp³-hybridized carbons (Fsp3) is 0.294. The summed E-state index contributed by atoms with van der Waals surface area (Å²) in [5.41, 5.74) is 0.955. The van der Waals surface area contributed by atoms with Gasteiger partial charge in [-0.3, -0.25) is 9.36 Å². The van der Waals surface area contributed by atoms with Crippen LogP contribution < -0.4 is 0 Å². The summed E-state index contributed by atoms with van der Waals surface area (Å²) in [4.78, 5) is 23.5. The molecule has 0 saturated heterocycles. The van der Waals surface area contributed by atoms with Gasteiger partial charge in [-0.1, -0.05) is 15.9 Å². The van der Waals surface area contributed by atoms with Crippen LogP contribution in [0.5, 0.6) is 0 Å². The largest absolute Gasteiger partial charge is 0.443 e. The average Bonchev–Trinajstić information content (AvgIpc) is 2.72. The van der Waals surface area contributed by atoms with E-state index in [0.717, 1.165) is 20.9 Å². The van der Waals surface area contributed by atoms with Gasteiger partial charge in [0, 0.05) is 21.6 Å². The Hall–Kier alpha value is -1.88. The molecular weight excluding hydrogens is 346 g/mol. The predicted octanol–water partition coefficient (Wildman–Crippen LogP) is 4.79. The zero-order valence-corrected chi connectivity index (χ0v) is 14.6. The topological polar surface area (TPSA) is 48.3 Å². The van der Waals surface area contributed by atoms with Gasteiger partial charge < -0.3 is 4.74 Å². The first kappa shape index (κ1) is 16.5. The Bertz CT molecular complexity index is 766. The molecule has 0 fully saturated rings. The summed E-state index contributed by atoms with van der Waals surface area (Å²) >= 11 is 3.43. The van der Waals surface area contributed by atoms with Crippen molar-refractivity contribution in [2.75, 3.05) is 0 Å². The van der Waals surface area contributed by atoms with Crippen molar-refractivity contribution in [1.29, 1.82) is 0 Å². The number of nitrogens with zero attached hydrogens (tertiary/aromatic N) is 1. The maximum Gasteiger partial charge on any atom is 0.419 e. The molecule has 2 aromatic rings. The van der Waals surface area contributed by atoms with Crippen molar-refractivity contribution in [3.05, 3.63) is 40.5 Å². The van der Waals surface area contributed by atoms with Crippen molar-refractivity contribution in [3.8, 4) is 0 Å². The first-order valence-corrected chi connectivity index (χ1v) is 7.69. The Morgan fingerprint density at radius 3 is 2.55 bits per heavy atom. The Morgan fingerprint density at radius 2 is 1.95 bits per heavy atom. The quantitative estimate of drug-likeness (QED) is 0.720. The highest BCUT2D eigenvalue weighted by Crippen LogP contribution is 2.27. The molecule has 0 amide bonds. The van der Waals surface area contributed by atoms with E-state index in [1.807, 2.05) is 39.0 Å². The van der Waals surface area contributed by atoms with Crippen molar-refractivity contribution < 1.29 is 14.3 Å². The minimum Gasteiger partial charge on any atom is -0.443 e. The van der Waals surface area contributed by atoms with Gasteiger partial charge in [0.05, 0.1) is 5.52 Å². The van der Waals surface area contributed by atoms with Gasteiger partial charge in [-0.2, -0.15) is 0 Å². The second-order valence-corrected chi connectivity index (χ2v) is 6.96. The number of allylic oxidation sites excluding steroid dienone is 1. The molecule has 0 aliphatic heterocycles. The number of halogens is 1. The Balaban J connectivity index is 2.56. The highest BCUT2D eigenvalue weighted by molar-refractivity contribution is 9.10. The number of fused-ring (bicyclic) bond motifs is 1. The molecule has 0 aliphatic carbocycles. The average molecular weight is 364 g/mol. The lowest BCUT2D eigenvalue weighted by Gasteiger charge is -2.19. The number of rotatable bonds is 2. The Kier molecular flexibility index (Phi) is 4.56. The van der Waals surface area contributed by atoms with Gasteiger partial charge >= 0.3 is 6.09 Å². The lowest BCUT2D eigenvalue weighted by molar-refractivity contribution is -0.112. The maximum atomic E-state index is 12.3. The molecule has 0 spiro atoms. The summed E-state index contributed by atoms with van der Waals surface area (Å²) in [7, 11) is 0. The third kappa shape index (κ3) is 3.85. The second kappa shape index (κ2) is 6.08. The monoisotopic (exact) mass is 363 g/mol. The molecule has 0 atom stereocenters. The van der Waals surface area contributed by atoms with Crippen LogP contribution in [-0.4, -0.2) is 22.0 Å². The number of benzene rings is 1. The molecule has 5 heteroatoms. The van der Waals surface area contributed by atoms with Crippen LogP contribution in [0, 0.1) is 0 Å². The smallest absolute Gasteiger partial charge is 0.419 e. The molecule has 0 N–H and O–H groups in total. The third-order valence-corrected chi connectivity index (χ3v) is 3.38. The van der Waals surface area contributed by atoms with E-state index in [1.54, 1.807) is 12.3 Å². The number of hydrogen-bond donors (Lipinski definition) is 0. The van der Waals surface area contributed by atoms with E-state index >= 15 is 0 Å². The minimum absolute atomic E-state index is 0.0480. The first-order valence-electron chi connectivity index (χ1n) is 6.90. The van der Waals surface area contributed by atoms with Crippen LogP contribution in [0.3, 0.4) is 0 Å². The van der Waals surface area contributed by atoms with E-state index in [-0.39, 0.29) is 5.78 Å². The Morgan fingerprint density at radius 1 is 1.27 bits per heavy atom. The van der Waals surface area contributed by atoms with Crippen LogP contribution in [0.2, 0.25) is 0 Å². The molecule has 4 nitrogen and oxygen atoms in total. The molecule has 116 valence electrons. The molecular formula is C17H18BrNO3. The van der Waals surface area contributed by atoms with Crippen molar-refractivity contribution in [1.82, 2.24) is 4.57 Å². The lowest BCUT2D eigenvalue weighted by atomic mass is 10.1. The van der Waals surface area contributed by atoms with E-state index in [9.17, 15) is 9.59 Å². The fourth-order valence-corrected chi connectivity index (χ4v) is 2.39. The number of carbonyl (C=O) groups is 2. The molecule has 1 aromatic heterocycles. The molecule has 0 bridgehead atoms. The number of carbonyl (C=O) groups excluding carboxylic acids is 2. The lowest BCUT2D eigenvalue weighted by Crippen LogP contribution is -2.26. The number of aromatic nitrogens is 1. The first-order chi connectivity index (χ1) is 10.2. The number of ketones is 1. The van der Waals surface area contributed by atoms with Gasteiger partial charge in [0.1, 0.15) is 5.60 Å². The summed E-state index contributed by atoms with van der Waals surface area (Å²) in [6, 6.07) is 5.62. The summed E-state index contributed by atoms with van der Waals surface area (Å²) < 4.78 is 7.79. The molecule has 2 rings (SSSR count). The molecule has 1 aromatic carbocycles. The van der Waals surface area contributed by atoms with E-state index in [4.69, 9.17) is 4.74 Å². The predicted molar refractivity (Wildman–Crippen MR) is 91.0 cm³/mol. The molecule has 0 aliphatic rings. The van der Waals surface area contributed by atoms with Gasteiger partial charge in [0.2, 0.25) is 0 Å². The van der Waals surface area contributed by atoms with Crippen molar-refractivity contribution in [2.24, 2.45) is 0 Å². The Labute approximate surface area is 137 Å². The van der Waals surface area contributed by atoms with Gasteiger partial charge in [-0.05, 0) is 58.0 Å². The molecule has 1 heterocycles.